The van der Waals surface area contributed by atoms with E-state index in [0.29, 0.717) is 0 Å². The first-order valence-corrected chi connectivity index (χ1v) is 16.6. The molecule has 0 aliphatic heterocycles. The summed E-state index contributed by atoms with van der Waals surface area (Å²) in [7, 11) is 0. The van der Waals surface area contributed by atoms with E-state index in [1.54, 1.807) is 0 Å². The third kappa shape index (κ3) is 4.32. The minimum absolute atomic E-state index is 0.906. The van der Waals surface area contributed by atoms with Crippen molar-refractivity contribution in [2.45, 2.75) is 12.8 Å². The predicted octanol–water partition coefficient (Wildman–Crippen LogP) is 12.5. The molecule has 2 heteroatoms. The number of hydrogen-bond acceptors (Lipinski definition) is 2. The quantitative estimate of drug-likeness (QED) is 0.190. The van der Waals surface area contributed by atoms with Crippen molar-refractivity contribution in [3.05, 3.63) is 163 Å². The van der Waals surface area contributed by atoms with E-state index in [4.69, 9.17) is 4.42 Å². The molecular formula is C44H28OS. The van der Waals surface area contributed by atoms with Gasteiger partial charge in [-0.2, -0.15) is 0 Å². The zero-order valence-corrected chi connectivity index (χ0v) is 25.9. The van der Waals surface area contributed by atoms with Gasteiger partial charge in [0.1, 0.15) is 11.2 Å². The molecule has 0 bridgehead atoms. The van der Waals surface area contributed by atoms with Gasteiger partial charge in [0.05, 0.1) is 0 Å². The van der Waals surface area contributed by atoms with Gasteiger partial charge in [0.15, 0.2) is 0 Å². The Balaban J connectivity index is 1.32. The molecule has 9 rings (SSSR count). The van der Waals surface area contributed by atoms with Gasteiger partial charge in [0.25, 0.3) is 0 Å². The first-order valence-electron chi connectivity index (χ1n) is 15.7. The van der Waals surface area contributed by atoms with Crippen LogP contribution in [0.4, 0.5) is 0 Å². The van der Waals surface area contributed by atoms with Crippen LogP contribution in [0.15, 0.2) is 144 Å². The topological polar surface area (TPSA) is 13.1 Å². The molecule has 0 saturated heterocycles. The standard InChI is InChI=1S/C44H28OS/c1-3-15-29(16-4-1)31-19-7-8-21-36(31)43-37-22-9-10-23-38(37)44(46-43)39-27-13-24-33(41(39)30-17-5-2-6-18-30)35-26-14-25-34-32-20-11-12-28-40(32)45-42(34)35/h1-5,7-9,11-17,19-22,24-28H,10,23H2. The molecule has 1 nitrogen and oxygen atoms in total. The number of benzene rings is 5. The highest BCUT2D eigenvalue weighted by Crippen LogP contribution is 2.51. The molecule has 1 aliphatic rings. The number of thiophene rings is 1. The minimum atomic E-state index is 0.906. The summed E-state index contributed by atoms with van der Waals surface area (Å²) in [6.07, 6.45) is 6.72. The van der Waals surface area contributed by atoms with Gasteiger partial charge in [0, 0.05) is 48.3 Å². The van der Waals surface area contributed by atoms with Crippen LogP contribution in [0.3, 0.4) is 0 Å². The molecule has 0 saturated carbocycles. The minimum Gasteiger partial charge on any atom is -0.455 e. The maximum Gasteiger partial charge on any atom is 0.143 e. The van der Waals surface area contributed by atoms with Gasteiger partial charge >= 0.3 is 0 Å². The van der Waals surface area contributed by atoms with Crippen molar-refractivity contribution in [2.24, 2.45) is 0 Å². The average molecular weight is 605 g/mol. The maximum absolute atomic E-state index is 6.56. The predicted molar refractivity (Wildman–Crippen MR) is 194 cm³/mol. The van der Waals surface area contributed by atoms with E-state index in [1.165, 1.54) is 43.1 Å². The number of fused-ring (bicyclic) bond motifs is 4. The molecule has 0 atom stereocenters. The van der Waals surface area contributed by atoms with Crippen LogP contribution in [-0.2, 0) is 6.42 Å². The molecule has 1 aliphatic carbocycles. The highest BCUT2D eigenvalue weighted by atomic mass is 32.1. The van der Waals surface area contributed by atoms with Crippen molar-refractivity contribution in [1.82, 2.24) is 0 Å². The SMILES string of the molecule is c1cccc(-c2c(-c3sc(-c4ccccc4-c4ccccc4)c4c3CCC=C4)cccc2-c2cccc3c2oc2ccccc23)c#1. The average Bonchev–Trinajstić information content (AvgIpc) is 3.71. The van der Waals surface area contributed by atoms with Crippen molar-refractivity contribution in [1.29, 1.82) is 0 Å². The van der Waals surface area contributed by atoms with Gasteiger partial charge in [0.2, 0.25) is 0 Å². The lowest BCUT2D eigenvalue weighted by Gasteiger charge is -2.16. The molecule has 0 radical (unpaired) electrons. The molecule has 0 unspecified atom stereocenters. The molecule has 0 spiro atoms. The van der Waals surface area contributed by atoms with Crippen molar-refractivity contribution >= 4 is 39.4 Å². The summed E-state index contributed by atoms with van der Waals surface area (Å²) in [5, 5.41) is 2.27. The van der Waals surface area contributed by atoms with Gasteiger partial charge in [-0.25, -0.2) is 0 Å². The fraction of sp³-hybridized carbons (Fsp3) is 0.0455. The Bertz CT molecular complexity index is 2410. The van der Waals surface area contributed by atoms with E-state index in [-0.39, 0.29) is 0 Å². The van der Waals surface area contributed by atoms with Crippen LogP contribution in [-0.4, -0.2) is 0 Å². The van der Waals surface area contributed by atoms with Crippen LogP contribution in [0.2, 0.25) is 0 Å². The van der Waals surface area contributed by atoms with E-state index in [9.17, 15) is 0 Å². The Morgan fingerprint density at radius 2 is 1.33 bits per heavy atom. The first-order chi connectivity index (χ1) is 22.8. The molecule has 2 heterocycles. The summed E-state index contributed by atoms with van der Waals surface area (Å²) < 4.78 is 6.56. The van der Waals surface area contributed by atoms with Gasteiger partial charge in [-0.15, -0.1) is 11.3 Å². The number of allylic oxidation sites excluding steroid dienone is 1. The Hall–Kier alpha value is -5.62. The molecule has 8 aromatic rings. The summed E-state index contributed by atoms with van der Waals surface area (Å²) >= 11 is 1.91. The van der Waals surface area contributed by atoms with E-state index in [0.717, 1.165) is 57.0 Å². The van der Waals surface area contributed by atoms with Gasteiger partial charge in [-0.1, -0.05) is 140 Å². The number of hydrogen-bond donors (Lipinski definition) is 0. The van der Waals surface area contributed by atoms with Crippen molar-refractivity contribution < 1.29 is 4.42 Å². The highest BCUT2D eigenvalue weighted by Gasteiger charge is 2.26. The summed E-state index contributed by atoms with van der Waals surface area (Å²) in [4.78, 5) is 2.64. The van der Waals surface area contributed by atoms with E-state index in [2.05, 4.69) is 146 Å². The van der Waals surface area contributed by atoms with Crippen LogP contribution < -0.4 is 0 Å². The van der Waals surface area contributed by atoms with Crippen molar-refractivity contribution in [3.63, 3.8) is 0 Å². The first kappa shape index (κ1) is 26.8. The van der Waals surface area contributed by atoms with Gasteiger partial charge in [-0.05, 0) is 58.9 Å². The Morgan fingerprint density at radius 3 is 2.22 bits per heavy atom. The number of rotatable bonds is 5. The fourth-order valence-corrected chi connectivity index (χ4v) is 8.42. The van der Waals surface area contributed by atoms with E-state index < -0.39 is 0 Å². The van der Waals surface area contributed by atoms with Crippen LogP contribution in [0.5, 0.6) is 0 Å². The van der Waals surface area contributed by atoms with Crippen LogP contribution in [0, 0.1) is 12.1 Å². The Morgan fingerprint density at radius 1 is 0.587 bits per heavy atom. The molecule has 2 aromatic heterocycles. The second-order valence-electron chi connectivity index (χ2n) is 11.7. The lowest BCUT2D eigenvalue weighted by molar-refractivity contribution is 0.670. The summed E-state index contributed by atoms with van der Waals surface area (Å²) in [6, 6.07) is 53.9. The Kier molecular flexibility index (Phi) is 6.44. The van der Waals surface area contributed by atoms with Crippen LogP contribution in [0.1, 0.15) is 17.5 Å². The monoisotopic (exact) mass is 604 g/mol. The second-order valence-corrected chi connectivity index (χ2v) is 12.7. The fourth-order valence-electron chi connectivity index (χ4n) is 7.01. The molecule has 6 aromatic carbocycles. The molecule has 0 fully saturated rings. The highest BCUT2D eigenvalue weighted by molar-refractivity contribution is 7.19. The molecular weight excluding hydrogens is 577 g/mol. The third-order valence-electron chi connectivity index (χ3n) is 9.07. The Labute approximate surface area is 272 Å². The molecule has 46 heavy (non-hydrogen) atoms. The largest absolute Gasteiger partial charge is 0.455 e. The lowest BCUT2D eigenvalue weighted by Crippen LogP contribution is -1.95. The second kappa shape index (κ2) is 11.1. The lowest BCUT2D eigenvalue weighted by atomic mass is 9.87. The number of furan rings is 1. The van der Waals surface area contributed by atoms with Crippen molar-refractivity contribution in [3.8, 4) is 54.3 Å². The smallest absolute Gasteiger partial charge is 0.143 e. The molecule has 216 valence electrons. The number of para-hydroxylation sites is 2. The van der Waals surface area contributed by atoms with Crippen molar-refractivity contribution in [2.75, 3.05) is 0 Å². The third-order valence-corrected chi connectivity index (χ3v) is 10.4. The van der Waals surface area contributed by atoms with E-state index >= 15 is 0 Å². The van der Waals surface area contributed by atoms with Gasteiger partial charge in [-0.3, -0.25) is 0 Å². The van der Waals surface area contributed by atoms with Crippen LogP contribution >= 0.6 is 11.3 Å². The summed E-state index contributed by atoms with van der Waals surface area (Å²) in [6.45, 7) is 0. The van der Waals surface area contributed by atoms with E-state index in [1.807, 2.05) is 23.5 Å². The summed E-state index contributed by atoms with van der Waals surface area (Å²) in [5.41, 5.74) is 14.0. The molecule has 0 amide bonds. The van der Waals surface area contributed by atoms with Crippen LogP contribution in [0.25, 0.3) is 82.3 Å². The molecule has 0 N–H and O–H groups in total. The van der Waals surface area contributed by atoms with Gasteiger partial charge < -0.3 is 4.42 Å². The normalized spacial score (nSPS) is 12.3. The zero-order chi connectivity index (χ0) is 30.5. The summed E-state index contributed by atoms with van der Waals surface area (Å²) in [5.74, 6) is 0. The maximum atomic E-state index is 6.56. The zero-order valence-electron chi connectivity index (χ0n) is 25.1.